The number of aromatic amines is 1. The smallest absolute Gasteiger partial charge is 0.274 e. The van der Waals surface area contributed by atoms with Crippen molar-refractivity contribution in [2.75, 3.05) is 17.2 Å². The molecule has 0 saturated heterocycles. The van der Waals surface area contributed by atoms with Crippen LogP contribution in [0.15, 0.2) is 100 Å². The zero-order valence-corrected chi connectivity index (χ0v) is 18.7. The minimum Gasteiger partial charge on any atom is -0.384 e. The van der Waals surface area contributed by atoms with Crippen LogP contribution in [0.5, 0.6) is 0 Å². The van der Waals surface area contributed by atoms with Gasteiger partial charge in [-0.25, -0.2) is 0 Å². The average Bonchev–Trinajstić information content (AvgIpc) is 3.61. The monoisotopic (exact) mass is 465 g/mol. The van der Waals surface area contributed by atoms with Crippen LogP contribution in [-0.2, 0) is 6.54 Å². The Morgan fingerprint density at radius 3 is 2.69 bits per heavy atom. The predicted molar refractivity (Wildman–Crippen MR) is 134 cm³/mol. The third-order valence-corrected chi connectivity index (χ3v) is 5.69. The lowest BCUT2D eigenvalue weighted by molar-refractivity contribution is 0.102. The molecule has 174 valence electrons. The van der Waals surface area contributed by atoms with Gasteiger partial charge in [-0.1, -0.05) is 60.7 Å². The normalized spacial score (nSPS) is 13.3. The Balaban J connectivity index is 1.29. The molecule has 3 aromatic carbocycles. The van der Waals surface area contributed by atoms with Gasteiger partial charge < -0.3 is 15.7 Å². The largest absolute Gasteiger partial charge is 0.384 e. The molecule has 1 aliphatic heterocycles. The van der Waals surface area contributed by atoms with Gasteiger partial charge in [-0.3, -0.25) is 9.89 Å². The van der Waals surface area contributed by atoms with Gasteiger partial charge in [0.25, 0.3) is 5.91 Å². The summed E-state index contributed by atoms with van der Waals surface area (Å²) in [4.78, 5) is 13.0. The first kappa shape index (κ1) is 22.2. The van der Waals surface area contributed by atoms with Crippen molar-refractivity contribution >= 4 is 23.0 Å². The van der Waals surface area contributed by atoms with Crippen LogP contribution >= 0.6 is 0 Å². The van der Waals surface area contributed by atoms with E-state index in [1.807, 2.05) is 72.8 Å². The van der Waals surface area contributed by atoms with E-state index < -0.39 is 6.10 Å². The van der Waals surface area contributed by atoms with Crippen molar-refractivity contribution in [3.05, 3.63) is 113 Å². The molecule has 1 amide bonds. The Kier molecular flexibility index (Phi) is 6.40. The topological polar surface area (TPSA) is 127 Å². The fraction of sp³-hybridized carbons (Fsp3) is 0.115. The molecule has 1 aromatic heterocycles. The van der Waals surface area contributed by atoms with Crippen molar-refractivity contribution in [3.63, 3.8) is 0 Å². The summed E-state index contributed by atoms with van der Waals surface area (Å²) in [6.45, 7) is 0.770. The molecular formula is C26H23N7O2. The minimum absolute atomic E-state index is 0.309. The molecule has 0 aliphatic carbocycles. The zero-order valence-electron chi connectivity index (χ0n) is 18.7. The number of amides is 1. The molecule has 9 heteroatoms. The van der Waals surface area contributed by atoms with Crippen LogP contribution in [0.25, 0.3) is 0 Å². The van der Waals surface area contributed by atoms with E-state index in [2.05, 4.69) is 36.3 Å². The first-order valence-electron chi connectivity index (χ1n) is 11.1. The third-order valence-electron chi connectivity index (χ3n) is 5.69. The Morgan fingerprint density at radius 1 is 1.03 bits per heavy atom. The van der Waals surface area contributed by atoms with Crippen LogP contribution in [0.1, 0.15) is 38.8 Å². The van der Waals surface area contributed by atoms with Crippen LogP contribution in [0.2, 0.25) is 0 Å². The second-order valence-corrected chi connectivity index (χ2v) is 7.99. The number of aromatic nitrogens is 2. The summed E-state index contributed by atoms with van der Waals surface area (Å²) in [6.07, 6.45) is 0.842. The molecule has 1 atom stereocenters. The molecule has 4 aromatic rings. The summed E-state index contributed by atoms with van der Waals surface area (Å²) >= 11 is 0. The molecule has 4 N–H and O–H groups in total. The van der Waals surface area contributed by atoms with E-state index in [1.165, 1.54) is 0 Å². The van der Waals surface area contributed by atoms with Gasteiger partial charge in [-0.15, -0.1) is 5.10 Å². The van der Waals surface area contributed by atoms with Crippen LogP contribution in [0.4, 0.5) is 11.4 Å². The number of nitrogens with zero attached hydrogens (tertiary/aromatic N) is 4. The van der Waals surface area contributed by atoms with Gasteiger partial charge in [-0.05, 0) is 29.0 Å². The second-order valence-electron chi connectivity index (χ2n) is 7.99. The number of benzene rings is 3. The van der Waals surface area contributed by atoms with Crippen molar-refractivity contribution in [2.24, 2.45) is 15.4 Å². The number of hydrogen-bond acceptors (Lipinski definition) is 7. The molecule has 0 radical (unpaired) electrons. The highest BCUT2D eigenvalue weighted by Gasteiger charge is 2.17. The summed E-state index contributed by atoms with van der Waals surface area (Å²) in [5, 5.41) is 35.5. The van der Waals surface area contributed by atoms with E-state index in [4.69, 9.17) is 0 Å². The lowest BCUT2D eigenvalue weighted by Gasteiger charge is -2.17. The molecule has 35 heavy (non-hydrogen) atoms. The Morgan fingerprint density at radius 2 is 1.86 bits per heavy atom. The first-order chi connectivity index (χ1) is 17.2. The number of rotatable bonds is 8. The average molecular weight is 466 g/mol. The van der Waals surface area contributed by atoms with Crippen molar-refractivity contribution in [1.29, 1.82) is 0 Å². The molecule has 0 fully saturated rings. The van der Waals surface area contributed by atoms with Crippen molar-refractivity contribution in [3.8, 4) is 0 Å². The summed E-state index contributed by atoms with van der Waals surface area (Å²) in [5.41, 5.74) is 5.62. The van der Waals surface area contributed by atoms with Crippen LogP contribution < -0.4 is 10.6 Å². The summed E-state index contributed by atoms with van der Waals surface area (Å²) < 4.78 is 0. The maximum Gasteiger partial charge on any atom is 0.274 e. The SMILES string of the molecule is O=C(Nc1cccc(C2=NN=NC2)c1)c1[nH]ncc1CNc1ccccc1C(O)c1ccccc1. The van der Waals surface area contributed by atoms with Crippen LogP contribution in [0.3, 0.4) is 0 Å². The van der Waals surface area contributed by atoms with Gasteiger partial charge in [0.1, 0.15) is 18.3 Å². The second kappa shape index (κ2) is 10.1. The number of aliphatic hydroxyl groups excluding tert-OH is 1. The van der Waals surface area contributed by atoms with E-state index in [0.29, 0.717) is 30.0 Å². The van der Waals surface area contributed by atoms with Crippen LogP contribution in [0, 0.1) is 0 Å². The number of hydrogen-bond donors (Lipinski definition) is 4. The molecule has 0 spiro atoms. The molecule has 0 bridgehead atoms. The van der Waals surface area contributed by atoms with Gasteiger partial charge in [-0.2, -0.15) is 10.2 Å². The maximum atomic E-state index is 13.0. The number of H-pyrrole nitrogens is 1. The molecule has 9 nitrogen and oxygen atoms in total. The highest BCUT2D eigenvalue weighted by Crippen LogP contribution is 2.28. The lowest BCUT2D eigenvalue weighted by Crippen LogP contribution is -2.16. The quantitative estimate of drug-likeness (QED) is 0.305. The fourth-order valence-electron chi connectivity index (χ4n) is 3.88. The van der Waals surface area contributed by atoms with Gasteiger partial charge in [0.15, 0.2) is 0 Å². The van der Waals surface area contributed by atoms with Crippen molar-refractivity contribution in [2.45, 2.75) is 12.6 Å². The summed E-state index contributed by atoms with van der Waals surface area (Å²) in [7, 11) is 0. The Bertz CT molecular complexity index is 1400. The Hall–Kier alpha value is -4.63. The van der Waals surface area contributed by atoms with Crippen molar-refractivity contribution < 1.29 is 9.90 Å². The van der Waals surface area contributed by atoms with E-state index in [-0.39, 0.29) is 5.91 Å². The molecule has 5 rings (SSSR count). The number of carbonyl (C=O) groups is 1. The summed E-state index contributed by atoms with van der Waals surface area (Å²) in [5.74, 6) is -0.309. The number of anilines is 2. The fourth-order valence-corrected chi connectivity index (χ4v) is 3.88. The zero-order chi connectivity index (χ0) is 24.0. The minimum atomic E-state index is -0.774. The number of nitrogens with one attached hydrogen (secondary N) is 3. The highest BCUT2D eigenvalue weighted by molar-refractivity contribution is 6.06. The molecule has 1 unspecified atom stereocenters. The van der Waals surface area contributed by atoms with Gasteiger partial charge in [0.05, 0.1) is 11.9 Å². The lowest BCUT2D eigenvalue weighted by atomic mass is 10.00. The van der Waals surface area contributed by atoms with Gasteiger partial charge in [0.2, 0.25) is 0 Å². The van der Waals surface area contributed by atoms with E-state index >= 15 is 0 Å². The number of para-hydroxylation sites is 1. The standard InChI is InChI=1S/C26H23N7O2/c34-25(17-7-2-1-3-8-17)21-11-4-5-12-22(21)27-14-19-15-28-32-24(19)26(35)30-20-10-6-9-18(13-20)23-16-29-33-31-23/h1-13,15,25,27,34H,14,16H2,(H,28,32)(H,30,35). The predicted octanol–water partition coefficient (Wildman–Crippen LogP) is 4.53. The molecular weight excluding hydrogens is 442 g/mol. The van der Waals surface area contributed by atoms with Crippen LogP contribution in [-0.4, -0.2) is 33.5 Å². The molecule has 1 aliphatic rings. The van der Waals surface area contributed by atoms with Gasteiger partial charge in [0, 0.05) is 34.6 Å². The molecule has 2 heterocycles. The van der Waals surface area contributed by atoms with E-state index in [1.54, 1.807) is 12.3 Å². The third kappa shape index (κ3) is 4.99. The molecule has 0 saturated carbocycles. The highest BCUT2D eigenvalue weighted by atomic mass is 16.3. The number of carbonyl (C=O) groups excluding carboxylic acids is 1. The Labute approximate surface area is 201 Å². The van der Waals surface area contributed by atoms with Crippen molar-refractivity contribution in [1.82, 2.24) is 10.2 Å². The van der Waals surface area contributed by atoms with E-state index in [0.717, 1.165) is 28.1 Å². The summed E-state index contributed by atoms with van der Waals surface area (Å²) in [6, 6.07) is 24.4. The maximum absolute atomic E-state index is 13.0. The van der Waals surface area contributed by atoms with E-state index in [9.17, 15) is 9.90 Å². The first-order valence-corrected chi connectivity index (χ1v) is 11.1. The number of aliphatic hydroxyl groups is 1. The van der Waals surface area contributed by atoms with Gasteiger partial charge >= 0.3 is 0 Å².